The molecular weight excluding hydrogens is 490 g/mol. The van der Waals surface area contributed by atoms with Crippen LogP contribution in [0.2, 0.25) is 0 Å². The van der Waals surface area contributed by atoms with Crippen molar-refractivity contribution < 1.29 is 14.3 Å². The summed E-state index contributed by atoms with van der Waals surface area (Å²) in [6.07, 6.45) is 4.27. The molecule has 1 aliphatic heterocycles. The smallest absolute Gasteiger partial charge is 0.251 e. The Bertz CT molecular complexity index is 1230. The van der Waals surface area contributed by atoms with Crippen molar-refractivity contribution in [2.75, 3.05) is 19.1 Å². The minimum absolute atomic E-state index is 0.0508. The zero-order valence-electron chi connectivity index (χ0n) is 20.3. The lowest BCUT2D eigenvalue weighted by Crippen LogP contribution is -2.55. The Balaban J connectivity index is 1.72. The van der Waals surface area contributed by atoms with E-state index in [0.29, 0.717) is 11.5 Å². The highest BCUT2D eigenvalue weighted by atomic mass is 79.9. The highest BCUT2D eigenvalue weighted by molar-refractivity contribution is 9.10. The number of amides is 1. The standard InChI is InChI=1S/C29H30BrNO3/c1-28(2)19-29(3,21-12-14-22(30)15-13-21)23-8-6-7-9-24(23)31(28)27(32)17-11-20-10-16-25(33-4)26(18-20)34-5/h6-18H,19H2,1-5H3/b17-11+. The molecule has 0 radical (unpaired) electrons. The Kier molecular flexibility index (Phi) is 6.59. The summed E-state index contributed by atoms with van der Waals surface area (Å²) < 4.78 is 11.8. The first-order valence-electron chi connectivity index (χ1n) is 11.3. The summed E-state index contributed by atoms with van der Waals surface area (Å²) in [5.74, 6) is 1.24. The molecule has 3 aromatic carbocycles. The molecule has 1 unspecified atom stereocenters. The Morgan fingerprint density at radius 3 is 2.29 bits per heavy atom. The Morgan fingerprint density at radius 1 is 0.941 bits per heavy atom. The molecule has 4 nitrogen and oxygen atoms in total. The van der Waals surface area contributed by atoms with Gasteiger partial charge in [0.2, 0.25) is 0 Å². The molecule has 5 heteroatoms. The van der Waals surface area contributed by atoms with Crippen LogP contribution in [0.3, 0.4) is 0 Å². The van der Waals surface area contributed by atoms with Gasteiger partial charge in [-0.05, 0) is 73.4 Å². The molecule has 0 saturated carbocycles. The fourth-order valence-corrected chi connectivity index (χ4v) is 5.46. The molecule has 1 aliphatic rings. The van der Waals surface area contributed by atoms with Crippen LogP contribution in [0.1, 0.15) is 43.9 Å². The topological polar surface area (TPSA) is 38.8 Å². The molecule has 0 aromatic heterocycles. The summed E-state index contributed by atoms with van der Waals surface area (Å²) in [6, 6.07) is 22.4. The van der Waals surface area contributed by atoms with Gasteiger partial charge in [0.15, 0.2) is 11.5 Å². The van der Waals surface area contributed by atoms with E-state index in [1.165, 1.54) is 5.56 Å². The van der Waals surface area contributed by atoms with Gasteiger partial charge in [0.25, 0.3) is 5.91 Å². The van der Waals surface area contributed by atoms with Crippen LogP contribution in [0.5, 0.6) is 11.5 Å². The van der Waals surface area contributed by atoms with Crippen LogP contribution < -0.4 is 14.4 Å². The van der Waals surface area contributed by atoms with E-state index in [2.05, 4.69) is 79.2 Å². The number of ether oxygens (including phenoxy) is 2. The number of carbonyl (C=O) groups excluding carboxylic acids is 1. The van der Waals surface area contributed by atoms with Gasteiger partial charge in [0.05, 0.1) is 14.2 Å². The molecule has 34 heavy (non-hydrogen) atoms. The summed E-state index contributed by atoms with van der Waals surface area (Å²) in [4.78, 5) is 15.5. The van der Waals surface area contributed by atoms with Gasteiger partial charge >= 0.3 is 0 Å². The van der Waals surface area contributed by atoms with Crippen molar-refractivity contribution in [1.29, 1.82) is 0 Å². The van der Waals surface area contributed by atoms with E-state index in [4.69, 9.17) is 9.47 Å². The Morgan fingerprint density at radius 2 is 1.62 bits per heavy atom. The van der Waals surface area contributed by atoms with Gasteiger partial charge in [-0.25, -0.2) is 0 Å². The van der Waals surface area contributed by atoms with Gasteiger partial charge < -0.3 is 14.4 Å². The van der Waals surface area contributed by atoms with Crippen molar-refractivity contribution in [3.8, 4) is 11.5 Å². The van der Waals surface area contributed by atoms with Gasteiger partial charge in [-0.2, -0.15) is 0 Å². The number of methoxy groups -OCH3 is 2. The zero-order valence-corrected chi connectivity index (χ0v) is 21.8. The number of para-hydroxylation sites is 1. The lowest BCUT2D eigenvalue weighted by atomic mass is 9.65. The first-order valence-corrected chi connectivity index (χ1v) is 12.1. The van der Waals surface area contributed by atoms with Crippen LogP contribution in [-0.2, 0) is 10.2 Å². The van der Waals surface area contributed by atoms with E-state index >= 15 is 0 Å². The van der Waals surface area contributed by atoms with Crippen LogP contribution in [0.15, 0.2) is 77.3 Å². The van der Waals surface area contributed by atoms with Crippen LogP contribution in [-0.4, -0.2) is 25.7 Å². The number of nitrogens with zero attached hydrogens (tertiary/aromatic N) is 1. The molecule has 0 N–H and O–H groups in total. The molecule has 0 bridgehead atoms. The predicted octanol–water partition coefficient (Wildman–Crippen LogP) is 7.00. The molecule has 1 heterocycles. The lowest BCUT2D eigenvalue weighted by Gasteiger charge is -2.51. The van der Waals surface area contributed by atoms with Gasteiger partial charge in [-0.1, -0.05) is 59.3 Å². The number of rotatable bonds is 5. The van der Waals surface area contributed by atoms with Crippen molar-refractivity contribution in [1.82, 2.24) is 0 Å². The summed E-state index contributed by atoms with van der Waals surface area (Å²) in [5.41, 5.74) is 3.61. The normalized spacial score (nSPS) is 19.1. The summed E-state index contributed by atoms with van der Waals surface area (Å²) in [6.45, 7) is 6.56. The molecule has 3 aromatic rings. The summed E-state index contributed by atoms with van der Waals surface area (Å²) >= 11 is 3.55. The second-order valence-corrected chi connectivity index (χ2v) is 10.4. The molecule has 176 valence electrons. The zero-order chi connectivity index (χ0) is 24.5. The maximum absolute atomic E-state index is 13.6. The van der Waals surface area contributed by atoms with Crippen molar-refractivity contribution in [2.24, 2.45) is 0 Å². The predicted molar refractivity (Wildman–Crippen MR) is 142 cm³/mol. The third kappa shape index (κ3) is 4.37. The maximum atomic E-state index is 13.6. The Labute approximate surface area is 210 Å². The molecule has 1 atom stereocenters. The third-order valence-corrected chi connectivity index (χ3v) is 7.19. The van der Waals surface area contributed by atoms with Crippen molar-refractivity contribution >= 4 is 33.6 Å². The Hall–Kier alpha value is -3.05. The fourth-order valence-electron chi connectivity index (χ4n) is 5.19. The summed E-state index contributed by atoms with van der Waals surface area (Å²) in [7, 11) is 3.21. The minimum atomic E-state index is -0.394. The van der Waals surface area contributed by atoms with Crippen molar-refractivity contribution in [3.05, 3.63) is 94.0 Å². The average molecular weight is 520 g/mol. The van der Waals surface area contributed by atoms with Crippen molar-refractivity contribution in [3.63, 3.8) is 0 Å². The molecular formula is C29H30BrNO3. The van der Waals surface area contributed by atoms with E-state index in [1.807, 2.05) is 35.2 Å². The van der Waals surface area contributed by atoms with E-state index in [9.17, 15) is 4.79 Å². The van der Waals surface area contributed by atoms with E-state index in [-0.39, 0.29) is 11.3 Å². The number of anilines is 1. The SMILES string of the molecule is COc1ccc(/C=C/C(=O)N2c3ccccc3C(C)(c3ccc(Br)cc3)CC2(C)C)cc1OC. The summed E-state index contributed by atoms with van der Waals surface area (Å²) in [5, 5.41) is 0. The van der Waals surface area contributed by atoms with Crippen LogP contribution in [0.4, 0.5) is 5.69 Å². The number of carbonyl (C=O) groups is 1. The quantitative estimate of drug-likeness (QED) is 0.340. The van der Waals surface area contributed by atoms with Crippen LogP contribution in [0, 0.1) is 0 Å². The second kappa shape index (κ2) is 9.30. The maximum Gasteiger partial charge on any atom is 0.251 e. The molecule has 0 saturated heterocycles. The first kappa shape index (κ1) is 24.1. The molecule has 0 spiro atoms. The van der Waals surface area contributed by atoms with Crippen molar-refractivity contribution in [2.45, 2.75) is 38.1 Å². The van der Waals surface area contributed by atoms with Crippen LogP contribution in [0.25, 0.3) is 6.08 Å². The van der Waals surface area contributed by atoms with Gasteiger partial charge in [0, 0.05) is 27.2 Å². The molecule has 4 rings (SSSR count). The number of hydrogen-bond donors (Lipinski definition) is 0. The minimum Gasteiger partial charge on any atom is -0.493 e. The number of fused-ring (bicyclic) bond motifs is 1. The lowest BCUT2D eigenvalue weighted by molar-refractivity contribution is -0.115. The largest absolute Gasteiger partial charge is 0.493 e. The number of halogens is 1. The van der Waals surface area contributed by atoms with E-state index in [1.54, 1.807) is 20.3 Å². The van der Waals surface area contributed by atoms with Gasteiger partial charge in [-0.15, -0.1) is 0 Å². The second-order valence-electron chi connectivity index (χ2n) is 9.47. The molecule has 0 fully saturated rings. The third-order valence-electron chi connectivity index (χ3n) is 6.66. The van der Waals surface area contributed by atoms with E-state index in [0.717, 1.165) is 27.7 Å². The van der Waals surface area contributed by atoms with Crippen LogP contribution >= 0.6 is 15.9 Å². The number of benzene rings is 3. The molecule has 1 amide bonds. The number of hydrogen-bond acceptors (Lipinski definition) is 3. The van der Waals surface area contributed by atoms with Gasteiger partial charge in [0.1, 0.15) is 0 Å². The molecule has 0 aliphatic carbocycles. The monoisotopic (exact) mass is 519 g/mol. The first-order chi connectivity index (χ1) is 16.2. The average Bonchev–Trinajstić information content (AvgIpc) is 2.82. The fraction of sp³-hybridized carbons (Fsp3) is 0.276. The van der Waals surface area contributed by atoms with Gasteiger partial charge in [-0.3, -0.25) is 4.79 Å². The highest BCUT2D eigenvalue weighted by Crippen LogP contribution is 2.50. The highest BCUT2D eigenvalue weighted by Gasteiger charge is 2.47. The van der Waals surface area contributed by atoms with E-state index < -0.39 is 5.54 Å².